The normalized spacial score (nSPS) is 28.4. The molecule has 2 aromatic rings. The number of nitrogens with one attached hydrogen (secondary N) is 1. The van der Waals surface area contributed by atoms with Crippen molar-refractivity contribution in [1.82, 2.24) is 4.72 Å². The number of fused-ring (bicyclic) bond motifs is 3. The van der Waals surface area contributed by atoms with Crippen molar-refractivity contribution in [3.8, 4) is 5.75 Å². The number of nitrogens with zero attached hydrogens (tertiary/aromatic N) is 1. The lowest BCUT2D eigenvalue weighted by molar-refractivity contribution is 0.0456. The maximum atomic E-state index is 13.7. The maximum Gasteiger partial charge on any atom is 0.264 e. The minimum Gasteiger partial charge on any atom is -0.487 e. The third kappa shape index (κ3) is 7.61. The van der Waals surface area contributed by atoms with Gasteiger partial charge in [-0.15, -0.1) is 0 Å². The molecule has 1 amide bonds. The summed E-state index contributed by atoms with van der Waals surface area (Å²) in [6.45, 7) is 5.67. The molecule has 0 saturated heterocycles. The Morgan fingerprint density at radius 2 is 1.95 bits per heavy atom. The summed E-state index contributed by atoms with van der Waals surface area (Å²) in [5.74, 6) is 0.365. The summed E-state index contributed by atoms with van der Waals surface area (Å²) in [5.41, 5.74) is 3.23. The highest BCUT2D eigenvalue weighted by atomic mass is 35.5. The van der Waals surface area contributed by atoms with Crippen LogP contribution in [0.3, 0.4) is 0 Å². The van der Waals surface area contributed by atoms with Crippen molar-refractivity contribution < 1.29 is 27.8 Å². The van der Waals surface area contributed by atoms with Gasteiger partial charge >= 0.3 is 0 Å². The number of aryl methyl sites for hydroxylation is 1. The molecule has 240 valence electrons. The Morgan fingerprint density at radius 3 is 2.68 bits per heavy atom. The fourth-order valence-electron chi connectivity index (χ4n) is 6.74. The largest absolute Gasteiger partial charge is 0.487 e. The second-order valence-corrected chi connectivity index (χ2v) is 15.2. The molecule has 10 heteroatoms. The van der Waals surface area contributed by atoms with Crippen molar-refractivity contribution in [1.29, 1.82) is 0 Å². The van der Waals surface area contributed by atoms with E-state index in [2.05, 4.69) is 9.62 Å². The molecule has 1 fully saturated rings. The molecule has 2 bridgehead atoms. The number of hydrogen-bond acceptors (Lipinski definition) is 7. The van der Waals surface area contributed by atoms with Gasteiger partial charge in [0.05, 0.1) is 17.9 Å². The molecule has 2 aromatic carbocycles. The Hall–Kier alpha value is -2.59. The molecule has 1 aliphatic carbocycles. The molecule has 5 rings (SSSR count). The van der Waals surface area contributed by atoms with Crippen LogP contribution < -0.4 is 14.4 Å². The number of aliphatic hydroxyl groups excluding tert-OH is 1. The lowest BCUT2D eigenvalue weighted by Crippen LogP contribution is -2.46. The zero-order valence-electron chi connectivity index (χ0n) is 25.9. The number of ether oxygens (including phenoxy) is 2. The van der Waals surface area contributed by atoms with Crippen molar-refractivity contribution >= 4 is 33.2 Å². The van der Waals surface area contributed by atoms with Crippen LogP contribution >= 0.6 is 11.6 Å². The Bertz CT molecular complexity index is 1460. The van der Waals surface area contributed by atoms with Crippen molar-refractivity contribution in [2.45, 2.75) is 82.9 Å². The second kappa shape index (κ2) is 14.2. The molecule has 1 unspecified atom stereocenters. The van der Waals surface area contributed by atoms with Crippen LogP contribution in [-0.2, 0) is 27.8 Å². The van der Waals surface area contributed by atoms with Gasteiger partial charge in [-0.25, -0.2) is 13.1 Å². The van der Waals surface area contributed by atoms with E-state index in [1.165, 1.54) is 12.7 Å². The number of halogens is 1. The van der Waals surface area contributed by atoms with Gasteiger partial charge < -0.3 is 19.5 Å². The number of hydrogen-bond donors (Lipinski definition) is 2. The van der Waals surface area contributed by atoms with E-state index >= 15 is 0 Å². The minimum absolute atomic E-state index is 0.0561. The highest BCUT2D eigenvalue weighted by Crippen LogP contribution is 2.41. The predicted octanol–water partition coefficient (Wildman–Crippen LogP) is 5.90. The average molecular weight is 645 g/mol. The summed E-state index contributed by atoms with van der Waals surface area (Å²) in [6, 6.07) is 11.0. The number of rotatable bonds is 3. The van der Waals surface area contributed by atoms with Crippen molar-refractivity contribution in [3.63, 3.8) is 0 Å². The van der Waals surface area contributed by atoms with Gasteiger partial charge in [-0.1, -0.05) is 43.7 Å². The van der Waals surface area contributed by atoms with Gasteiger partial charge in [-0.3, -0.25) is 4.79 Å². The summed E-state index contributed by atoms with van der Waals surface area (Å²) in [6.07, 6.45) is 7.60. The molecular weight excluding hydrogens is 600 g/mol. The van der Waals surface area contributed by atoms with E-state index < -0.39 is 33.4 Å². The van der Waals surface area contributed by atoms with E-state index in [1.54, 1.807) is 24.3 Å². The van der Waals surface area contributed by atoms with E-state index in [0.717, 1.165) is 49.9 Å². The molecule has 3 aliphatic rings. The molecular formula is C34H45ClN2O6S. The fourth-order valence-corrected chi connectivity index (χ4v) is 8.72. The second-order valence-electron chi connectivity index (χ2n) is 12.9. The van der Waals surface area contributed by atoms with Crippen molar-refractivity contribution in [3.05, 3.63) is 70.3 Å². The molecule has 2 N–H and O–H groups in total. The van der Waals surface area contributed by atoms with Crippen molar-refractivity contribution in [2.24, 2.45) is 17.8 Å². The summed E-state index contributed by atoms with van der Waals surface area (Å²) in [7, 11) is -2.61. The highest BCUT2D eigenvalue weighted by molar-refractivity contribution is 7.90. The molecule has 1 saturated carbocycles. The zero-order valence-corrected chi connectivity index (χ0v) is 27.4. The van der Waals surface area contributed by atoms with Gasteiger partial charge in [0.2, 0.25) is 10.0 Å². The number of carbonyl (C=O) groups excluding carboxylic acids is 1. The van der Waals surface area contributed by atoms with Crippen LogP contribution in [0.2, 0.25) is 5.02 Å². The quantitative estimate of drug-likeness (QED) is 0.401. The Labute approximate surface area is 266 Å². The Balaban J connectivity index is 1.55. The first-order valence-corrected chi connectivity index (χ1v) is 17.7. The highest BCUT2D eigenvalue weighted by Gasteiger charge is 2.38. The van der Waals surface area contributed by atoms with Crippen LogP contribution in [0.5, 0.6) is 5.75 Å². The predicted molar refractivity (Wildman–Crippen MR) is 174 cm³/mol. The van der Waals surface area contributed by atoms with Crippen LogP contribution in [-0.4, -0.2) is 57.1 Å². The summed E-state index contributed by atoms with van der Waals surface area (Å²) in [4.78, 5) is 15.8. The lowest BCUT2D eigenvalue weighted by Gasteiger charge is -2.42. The van der Waals surface area contributed by atoms with E-state index in [4.69, 9.17) is 21.1 Å². The molecule has 2 aliphatic heterocycles. The Kier molecular flexibility index (Phi) is 10.6. The first kappa shape index (κ1) is 32.8. The van der Waals surface area contributed by atoms with E-state index in [1.807, 2.05) is 38.1 Å². The summed E-state index contributed by atoms with van der Waals surface area (Å²) >= 11 is 6.32. The van der Waals surface area contributed by atoms with Crippen LogP contribution in [0.15, 0.2) is 48.6 Å². The standard InChI is InChI=1S/C34H45ClN2O6S/c1-22(2)17-33-32(42-3)9-6-8-30(38)28-14-11-25(28)20-37-16-5-4-7-23-18-27(35)13-10-26(23)21-43-31-15-12-24(19-29(31)37)34(39)36-44(33,40)41/h6,8,10,12-13,15,18-19,22,25,28,30,32-33,38H,4-5,7,9,11,14,16-17,20-21H2,1-3H3,(H,36,39)/b8-6+/t25?,28-,30-,32+,33-/m0/s1. The van der Waals surface area contributed by atoms with Gasteiger partial charge in [0.15, 0.2) is 0 Å². The molecule has 44 heavy (non-hydrogen) atoms. The number of aliphatic hydroxyl groups is 1. The minimum atomic E-state index is -4.10. The first-order valence-electron chi connectivity index (χ1n) is 15.8. The van der Waals surface area contributed by atoms with Crippen LogP contribution in [0.25, 0.3) is 0 Å². The number of anilines is 1. The number of carbonyl (C=O) groups is 1. The first-order chi connectivity index (χ1) is 21.1. The monoisotopic (exact) mass is 644 g/mol. The lowest BCUT2D eigenvalue weighted by atomic mass is 9.70. The van der Waals surface area contributed by atoms with E-state index in [0.29, 0.717) is 36.8 Å². The molecule has 0 aromatic heterocycles. The van der Waals surface area contributed by atoms with Crippen LogP contribution in [0.4, 0.5) is 5.69 Å². The van der Waals surface area contributed by atoms with Crippen LogP contribution in [0, 0.1) is 17.8 Å². The smallest absolute Gasteiger partial charge is 0.264 e. The van der Waals surface area contributed by atoms with Crippen molar-refractivity contribution in [2.75, 3.05) is 25.1 Å². The van der Waals surface area contributed by atoms with E-state index in [-0.39, 0.29) is 23.3 Å². The molecule has 0 spiro atoms. The third-order valence-electron chi connectivity index (χ3n) is 9.36. The van der Waals surface area contributed by atoms with Gasteiger partial charge in [0.25, 0.3) is 5.91 Å². The average Bonchev–Trinajstić information content (AvgIpc) is 2.99. The fraction of sp³-hybridized carbons (Fsp3) is 0.559. The number of methoxy groups -OCH3 is 1. The number of benzene rings is 2. The molecule has 0 radical (unpaired) electrons. The zero-order chi connectivity index (χ0) is 31.4. The summed E-state index contributed by atoms with van der Waals surface area (Å²) in [5, 5.41) is 10.9. The van der Waals surface area contributed by atoms with Gasteiger partial charge in [-0.2, -0.15) is 0 Å². The Morgan fingerprint density at radius 1 is 1.14 bits per heavy atom. The van der Waals surface area contributed by atoms with Gasteiger partial charge in [-0.05, 0) is 104 Å². The topological polar surface area (TPSA) is 105 Å². The third-order valence-corrected chi connectivity index (χ3v) is 11.4. The maximum absolute atomic E-state index is 13.7. The number of amides is 1. The number of sulfonamides is 1. The van der Waals surface area contributed by atoms with E-state index in [9.17, 15) is 18.3 Å². The van der Waals surface area contributed by atoms with Gasteiger partial charge in [0, 0.05) is 30.8 Å². The summed E-state index contributed by atoms with van der Waals surface area (Å²) < 4.78 is 41.8. The SMILES string of the molecule is CO[C@@H]1C/C=C/[C@H](O)[C@H]2CCC2CN2CCCCc3cc(Cl)ccc3COc3ccc(cc32)C(=O)NS(=O)(=O)[C@H]1CC(C)C. The molecule has 5 atom stereocenters. The molecule has 8 nitrogen and oxygen atoms in total. The van der Waals surface area contributed by atoms with Gasteiger partial charge in [0.1, 0.15) is 17.6 Å². The molecule has 2 heterocycles. The van der Waals surface area contributed by atoms with Crippen LogP contribution in [0.1, 0.15) is 73.9 Å².